The first kappa shape index (κ1) is 18.7. The zero-order valence-electron chi connectivity index (χ0n) is 15.0. The molecule has 1 N–H and O–H groups in total. The average Bonchev–Trinajstić information content (AvgIpc) is 2.63. The Kier molecular flexibility index (Phi) is 6.75. The van der Waals surface area contributed by atoms with E-state index in [1.54, 1.807) is 19.1 Å². The lowest BCUT2D eigenvalue weighted by molar-refractivity contribution is -0.129. The number of amides is 1. The van der Waals surface area contributed by atoms with Crippen molar-refractivity contribution < 1.29 is 14.3 Å². The highest BCUT2D eigenvalue weighted by Gasteiger charge is 2.20. The van der Waals surface area contributed by atoms with Crippen LogP contribution < -0.4 is 5.32 Å². The summed E-state index contributed by atoms with van der Waals surface area (Å²) in [4.78, 5) is 24.3. The van der Waals surface area contributed by atoms with E-state index in [1.165, 1.54) is 5.56 Å². The predicted octanol–water partition coefficient (Wildman–Crippen LogP) is 3.85. The number of carbonyl (C=O) groups is 2. The fourth-order valence-corrected chi connectivity index (χ4v) is 2.56. The Balaban J connectivity index is 1.87. The lowest BCUT2D eigenvalue weighted by Gasteiger charge is -2.18. The minimum atomic E-state index is -0.831. The molecule has 0 radical (unpaired) electrons. The van der Waals surface area contributed by atoms with Crippen LogP contribution in [0, 0.1) is 6.92 Å². The molecule has 0 aliphatic carbocycles. The summed E-state index contributed by atoms with van der Waals surface area (Å²) in [5, 5.41) is 2.88. The van der Waals surface area contributed by atoms with Crippen LogP contribution in [0.15, 0.2) is 54.6 Å². The number of rotatable bonds is 7. The third-order valence-corrected chi connectivity index (χ3v) is 4.23. The SMILES string of the molecule is CC[C@@H](CNC(=O)[C@H](C)OC(=O)c1ccc(C)cc1)c1ccccc1. The zero-order valence-corrected chi connectivity index (χ0v) is 15.0. The van der Waals surface area contributed by atoms with Gasteiger partial charge in [0, 0.05) is 12.5 Å². The van der Waals surface area contributed by atoms with Gasteiger partial charge in [0.05, 0.1) is 5.56 Å². The second-order valence-corrected chi connectivity index (χ2v) is 6.17. The summed E-state index contributed by atoms with van der Waals surface area (Å²) < 4.78 is 5.26. The third-order valence-electron chi connectivity index (χ3n) is 4.23. The highest BCUT2D eigenvalue weighted by molar-refractivity contribution is 5.92. The van der Waals surface area contributed by atoms with E-state index < -0.39 is 12.1 Å². The molecule has 0 saturated carbocycles. The van der Waals surface area contributed by atoms with Crippen molar-refractivity contribution in [3.8, 4) is 0 Å². The lowest BCUT2D eigenvalue weighted by atomic mass is 9.96. The van der Waals surface area contributed by atoms with E-state index in [2.05, 4.69) is 24.4 Å². The largest absolute Gasteiger partial charge is 0.449 e. The third kappa shape index (κ3) is 5.45. The van der Waals surface area contributed by atoms with Gasteiger partial charge in [-0.05, 0) is 38.0 Å². The first-order valence-corrected chi connectivity index (χ1v) is 8.61. The van der Waals surface area contributed by atoms with Crippen molar-refractivity contribution in [1.82, 2.24) is 5.32 Å². The van der Waals surface area contributed by atoms with E-state index in [9.17, 15) is 9.59 Å². The van der Waals surface area contributed by atoms with Crippen molar-refractivity contribution in [2.75, 3.05) is 6.54 Å². The van der Waals surface area contributed by atoms with E-state index in [4.69, 9.17) is 4.74 Å². The quantitative estimate of drug-likeness (QED) is 0.780. The molecule has 0 aromatic heterocycles. The van der Waals surface area contributed by atoms with Crippen LogP contribution in [0.3, 0.4) is 0 Å². The molecule has 0 fully saturated rings. The van der Waals surface area contributed by atoms with Crippen LogP contribution >= 0.6 is 0 Å². The van der Waals surface area contributed by atoms with Crippen LogP contribution in [-0.2, 0) is 9.53 Å². The van der Waals surface area contributed by atoms with Gasteiger partial charge in [0.25, 0.3) is 5.91 Å². The van der Waals surface area contributed by atoms with Crippen LogP contribution in [0.5, 0.6) is 0 Å². The van der Waals surface area contributed by atoms with Gasteiger partial charge < -0.3 is 10.1 Å². The van der Waals surface area contributed by atoms with E-state index in [-0.39, 0.29) is 11.8 Å². The molecule has 2 atom stereocenters. The molecule has 0 bridgehead atoms. The van der Waals surface area contributed by atoms with E-state index >= 15 is 0 Å². The number of esters is 1. The molecule has 0 unspecified atom stereocenters. The molecule has 132 valence electrons. The Morgan fingerprint density at radius 1 is 1.04 bits per heavy atom. The smallest absolute Gasteiger partial charge is 0.338 e. The highest BCUT2D eigenvalue weighted by Crippen LogP contribution is 2.18. The standard InChI is InChI=1S/C21H25NO3/c1-4-17(18-8-6-5-7-9-18)14-22-20(23)16(3)25-21(24)19-12-10-15(2)11-13-19/h5-13,16-17H,4,14H2,1-3H3,(H,22,23)/t16-,17-/m0/s1. The summed E-state index contributed by atoms with van der Waals surface area (Å²) in [6.07, 6.45) is 0.0871. The Morgan fingerprint density at radius 3 is 2.28 bits per heavy atom. The van der Waals surface area contributed by atoms with Crippen molar-refractivity contribution >= 4 is 11.9 Å². The molecule has 0 aliphatic rings. The molecular weight excluding hydrogens is 314 g/mol. The summed E-state index contributed by atoms with van der Waals surface area (Å²) in [5.41, 5.74) is 2.70. The molecule has 0 saturated heterocycles. The van der Waals surface area contributed by atoms with Gasteiger partial charge in [0.1, 0.15) is 0 Å². The average molecular weight is 339 g/mol. The van der Waals surface area contributed by atoms with Gasteiger partial charge in [0.2, 0.25) is 0 Å². The second-order valence-electron chi connectivity index (χ2n) is 6.17. The van der Waals surface area contributed by atoms with Crippen LogP contribution in [0.1, 0.15) is 47.7 Å². The molecule has 4 heteroatoms. The second kappa shape index (κ2) is 9.02. The van der Waals surface area contributed by atoms with Crippen molar-refractivity contribution in [2.45, 2.75) is 39.2 Å². The molecule has 25 heavy (non-hydrogen) atoms. The van der Waals surface area contributed by atoms with Gasteiger partial charge in [0.15, 0.2) is 6.10 Å². The number of aryl methyl sites for hydroxylation is 1. The molecular formula is C21H25NO3. The Labute approximate surface area is 149 Å². The Bertz CT molecular complexity index is 695. The number of hydrogen-bond acceptors (Lipinski definition) is 3. The van der Waals surface area contributed by atoms with Gasteiger partial charge >= 0.3 is 5.97 Å². The van der Waals surface area contributed by atoms with E-state index in [0.29, 0.717) is 12.1 Å². The van der Waals surface area contributed by atoms with E-state index in [0.717, 1.165) is 12.0 Å². The van der Waals surface area contributed by atoms with Gasteiger partial charge in [-0.15, -0.1) is 0 Å². The topological polar surface area (TPSA) is 55.4 Å². The first-order chi connectivity index (χ1) is 12.0. The fourth-order valence-electron chi connectivity index (χ4n) is 2.56. The van der Waals surface area contributed by atoms with Gasteiger partial charge in [-0.3, -0.25) is 4.79 Å². The van der Waals surface area contributed by atoms with E-state index in [1.807, 2.05) is 37.3 Å². The lowest BCUT2D eigenvalue weighted by Crippen LogP contribution is -2.38. The van der Waals surface area contributed by atoms with Gasteiger partial charge in [-0.2, -0.15) is 0 Å². The van der Waals surface area contributed by atoms with Crippen LogP contribution in [-0.4, -0.2) is 24.5 Å². The van der Waals surface area contributed by atoms with Crippen LogP contribution in [0.2, 0.25) is 0 Å². The van der Waals surface area contributed by atoms with Crippen LogP contribution in [0.25, 0.3) is 0 Å². The number of benzene rings is 2. The summed E-state index contributed by atoms with van der Waals surface area (Å²) >= 11 is 0. The maximum Gasteiger partial charge on any atom is 0.338 e. The maximum atomic E-state index is 12.2. The van der Waals surface area contributed by atoms with Crippen molar-refractivity contribution in [1.29, 1.82) is 0 Å². The molecule has 4 nitrogen and oxygen atoms in total. The zero-order chi connectivity index (χ0) is 18.2. The molecule has 1 amide bonds. The minimum absolute atomic E-state index is 0.241. The highest BCUT2D eigenvalue weighted by atomic mass is 16.5. The number of hydrogen-bond donors (Lipinski definition) is 1. The Hall–Kier alpha value is -2.62. The Morgan fingerprint density at radius 2 is 1.68 bits per heavy atom. The normalized spacial score (nSPS) is 12.9. The van der Waals surface area contributed by atoms with Crippen molar-refractivity contribution in [3.63, 3.8) is 0 Å². The first-order valence-electron chi connectivity index (χ1n) is 8.61. The monoisotopic (exact) mass is 339 g/mol. The summed E-state index contributed by atoms with van der Waals surface area (Å²) in [6.45, 7) is 6.14. The summed E-state index contributed by atoms with van der Waals surface area (Å²) in [6, 6.07) is 17.1. The number of nitrogens with one attached hydrogen (secondary N) is 1. The van der Waals surface area contributed by atoms with Gasteiger partial charge in [-0.25, -0.2) is 4.79 Å². The number of carbonyl (C=O) groups excluding carboxylic acids is 2. The predicted molar refractivity (Wildman–Crippen MR) is 98.5 cm³/mol. The van der Waals surface area contributed by atoms with Crippen molar-refractivity contribution in [3.05, 3.63) is 71.3 Å². The summed E-state index contributed by atoms with van der Waals surface area (Å²) in [7, 11) is 0. The molecule has 2 aromatic carbocycles. The van der Waals surface area contributed by atoms with Crippen LogP contribution in [0.4, 0.5) is 0 Å². The molecule has 0 heterocycles. The molecule has 2 rings (SSSR count). The maximum absolute atomic E-state index is 12.2. The molecule has 0 spiro atoms. The number of ether oxygens (including phenoxy) is 1. The fraction of sp³-hybridized carbons (Fsp3) is 0.333. The molecule has 0 aliphatic heterocycles. The van der Waals surface area contributed by atoms with Crippen molar-refractivity contribution in [2.24, 2.45) is 0 Å². The molecule has 2 aromatic rings. The minimum Gasteiger partial charge on any atom is -0.449 e. The summed E-state index contributed by atoms with van der Waals surface area (Å²) in [5.74, 6) is -0.530. The van der Waals surface area contributed by atoms with Gasteiger partial charge in [-0.1, -0.05) is 55.0 Å².